The van der Waals surface area contributed by atoms with E-state index in [-0.39, 0.29) is 11.7 Å². The van der Waals surface area contributed by atoms with Crippen molar-refractivity contribution in [2.45, 2.75) is 19.9 Å². The summed E-state index contributed by atoms with van der Waals surface area (Å²) in [6.07, 6.45) is -1.06. The van der Waals surface area contributed by atoms with E-state index in [9.17, 15) is 13.6 Å². The van der Waals surface area contributed by atoms with E-state index in [4.69, 9.17) is 0 Å². The number of aromatic nitrogens is 4. The Bertz CT molecular complexity index is 868. The Morgan fingerprint density at radius 2 is 2.09 bits per heavy atom. The molecule has 0 fully saturated rings. The zero-order chi connectivity index (χ0) is 16.6. The Balaban J connectivity index is 1.97. The van der Waals surface area contributed by atoms with Crippen LogP contribution < -0.4 is 5.32 Å². The van der Waals surface area contributed by atoms with Crippen LogP contribution in [0.15, 0.2) is 30.5 Å². The molecular weight excluding hydrogens is 304 g/mol. The van der Waals surface area contributed by atoms with Crippen molar-refractivity contribution in [1.82, 2.24) is 19.3 Å². The van der Waals surface area contributed by atoms with E-state index < -0.39 is 13.0 Å². The molecule has 3 rings (SSSR count). The van der Waals surface area contributed by atoms with Gasteiger partial charge in [-0.1, -0.05) is 12.1 Å². The van der Waals surface area contributed by atoms with Gasteiger partial charge in [-0.25, -0.2) is 13.8 Å². The standard InChI is InChI=1S/C15H15F2N5O/c1-9-18-7-12(21(9)2)15(23)19-14-10-5-3-4-6-11(10)22(20-14)8-13(16)17/h3-7,13H,8H2,1-2H3,(H,19,20,23). The van der Waals surface area contributed by atoms with Gasteiger partial charge >= 0.3 is 0 Å². The number of carbonyl (C=O) groups excluding carboxylic acids is 1. The second kappa shape index (κ2) is 5.79. The van der Waals surface area contributed by atoms with Crippen LogP contribution in [-0.2, 0) is 13.6 Å². The van der Waals surface area contributed by atoms with Crippen molar-refractivity contribution in [3.8, 4) is 0 Å². The second-order valence-electron chi connectivity index (χ2n) is 5.14. The number of imidazole rings is 1. The number of nitrogens with zero attached hydrogens (tertiary/aromatic N) is 4. The Hall–Kier alpha value is -2.77. The topological polar surface area (TPSA) is 64.7 Å². The van der Waals surface area contributed by atoms with Gasteiger partial charge in [0.25, 0.3) is 12.3 Å². The molecule has 0 saturated heterocycles. The molecule has 3 aromatic rings. The van der Waals surface area contributed by atoms with Gasteiger partial charge in [-0.15, -0.1) is 0 Å². The lowest BCUT2D eigenvalue weighted by Gasteiger charge is -2.04. The average molecular weight is 319 g/mol. The summed E-state index contributed by atoms with van der Waals surface area (Å²) >= 11 is 0. The van der Waals surface area contributed by atoms with E-state index >= 15 is 0 Å². The van der Waals surface area contributed by atoms with Gasteiger partial charge in [0, 0.05) is 12.4 Å². The number of para-hydroxylation sites is 1. The molecule has 8 heteroatoms. The van der Waals surface area contributed by atoms with E-state index in [0.29, 0.717) is 22.4 Å². The number of halogens is 2. The molecule has 120 valence electrons. The maximum absolute atomic E-state index is 12.7. The first-order valence-corrected chi connectivity index (χ1v) is 7.00. The molecule has 2 heterocycles. The number of alkyl halides is 2. The summed E-state index contributed by atoms with van der Waals surface area (Å²) in [5.41, 5.74) is 0.916. The third-order valence-corrected chi connectivity index (χ3v) is 3.65. The van der Waals surface area contributed by atoms with E-state index in [0.717, 1.165) is 0 Å². The van der Waals surface area contributed by atoms with Crippen LogP contribution in [-0.4, -0.2) is 31.7 Å². The van der Waals surface area contributed by atoms with Gasteiger partial charge in [0.2, 0.25) is 0 Å². The number of aryl methyl sites for hydroxylation is 1. The van der Waals surface area contributed by atoms with Gasteiger partial charge in [-0.05, 0) is 19.1 Å². The molecule has 0 aliphatic rings. The quantitative estimate of drug-likeness (QED) is 0.804. The number of hydrogen-bond donors (Lipinski definition) is 1. The lowest BCUT2D eigenvalue weighted by molar-refractivity contribution is 0.101. The van der Waals surface area contributed by atoms with Gasteiger partial charge in [-0.3, -0.25) is 9.48 Å². The van der Waals surface area contributed by atoms with Crippen LogP contribution in [0.2, 0.25) is 0 Å². The zero-order valence-corrected chi connectivity index (χ0v) is 12.6. The van der Waals surface area contributed by atoms with Crippen LogP contribution in [0.3, 0.4) is 0 Å². The first-order valence-electron chi connectivity index (χ1n) is 7.00. The Morgan fingerprint density at radius 1 is 1.35 bits per heavy atom. The molecule has 2 aromatic heterocycles. The summed E-state index contributed by atoms with van der Waals surface area (Å²) in [6, 6.07) is 6.92. The van der Waals surface area contributed by atoms with Crippen LogP contribution in [0, 0.1) is 6.92 Å². The molecular formula is C15H15F2N5O. The highest BCUT2D eigenvalue weighted by Gasteiger charge is 2.18. The van der Waals surface area contributed by atoms with Gasteiger partial charge in [-0.2, -0.15) is 5.10 Å². The predicted octanol–water partition coefficient (Wildman–Crippen LogP) is 2.60. The monoisotopic (exact) mass is 319 g/mol. The molecule has 1 N–H and O–H groups in total. The van der Waals surface area contributed by atoms with E-state index in [1.54, 1.807) is 42.8 Å². The van der Waals surface area contributed by atoms with Gasteiger partial charge in [0.15, 0.2) is 5.82 Å². The second-order valence-corrected chi connectivity index (χ2v) is 5.14. The molecule has 0 radical (unpaired) electrons. The minimum absolute atomic E-state index is 0.255. The van der Waals surface area contributed by atoms with Crippen molar-refractivity contribution >= 4 is 22.6 Å². The minimum atomic E-state index is -2.53. The van der Waals surface area contributed by atoms with Crippen LogP contribution in [0.25, 0.3) is 10.9 Å². The molecule has 0 aliphatic carbocycles. The molecule has 1 amide bonds. The molecule has 0 bridgehead atoms. The van der Waals surface area contributed by atoms with E-state index in [1.807, 2.05) is 0 Å². The van der Waals surface area contributed by atoms with Gasteiger partial charge in [0.1, 0.15) is 18.1 Å². The molecule has 0 saturated carbocycles. The molecule has 1 aromatic carbocycles. The van der Waals surface area contributed by atoms with Crippen LogP contribution in [0.1, 0.15) is 16.3 Å². The van der Waals surface area contributed by atoms with Crippen molar-refractivity contribution in [3.63, 3.8) is 0 Å². The number of rotatable bonds is 4. The lowest BCUT2D eigenvalue weighted by atomic mass is 10.2. The lowest BCUT2D eigenvalue weighted by Crippen LogP contribution is -2.17. The number of amides is 1. The first kappa shape index (κ1) is 15.1. The third kappa shape index (κ3) is 2.79. The highest BCUT2D eigenvalue weighted by molar-refractivity contribution is 6.07. The third-order valence-electron chi connectivity index (χ3n) is 3.65. The Kier molecular flexibility index (Phi) is 3.81. The molecule has 0 aliphatic heterocycles. The van der Waals surface area contributed by atoms with Crippen molar-refractivity contribution in [3.05, 3.63) is 42.0 Å². The van der Waals surface area contributed by atoms with Crippen molar-refractivity contribution in [1.29, 1.82) is 0 Å². The normalized spacial score (nSPS) is 11.3. The fourth-order valence-electron chi connectivity index (χ4n) is 2.37. The first-order chi connectivity index (χ1) is 11.0. The number of benzene rings is 1. The Morgan fingerprint density at radius 3 is 2.74 bits per heavy atom. The zero-order valence-electron chi connectivity index (χ0n) is 12.6. The maximum atomic E-state index is 12.7. The number of hydrogen-bond acceptors (Lipinski definition) is 3. The smallest absolute Gasteiger partial charge is 0.275 e. The van der Waals surface area contributed by atoms with Crippen molar-refractivity contribution in [2.24, 2.45) is 7.05 Å². The predicted molar refractivity (Wildman–Crippen MR) is 81.6 cm³/mol. The summed E-state index contributed by atoms with van der Waals surface area (Å²) in [6.45, 7) is 1.25. The maximum Gasteiger partial charge on any atom is 0.275 e. The molecule has 6 nitrogen and oxygen atoms in total. The summed E-state index contributed by atoms with van der Waals surface area (Å²) in [5, 5.41) is 7.39. The van der Waals surface area contributed by atoms with Gasteiger partial charge < -0.3 is 9.88 Å². The summed E-state index contributed by atoms with van der Waals surface area (Å²) < 4.78 is 28.2. The molecule has 0 spiro atoms. The number of fused-ring (bicyclic) bond motifs is 1. The Labute approximate surface area is 130 Å². The van der Waals surface area contributed by atoms with Crippen molar-refractivity contribution in [2.75, 3.05) is 5.32 Å². The number of anilines is 1. The highest BCUT2D eigenvalue weighted by atomic mass is 19.3. The average Bonchev–Trinajstić information content (AvgIpc) is 3.01. The number of nitrogens with one attached hydrogen (secondary N) is 1. The summed E-state index contributed by atoms with van der Waals surface area (Å²) in [5.74, 6) is 0.564. The van der Waals surface area contributed by atoms with Gasteiger partial charge in [0.05, 0.1) is 11.7 Å². The fourth-order valence-corrected chi connectivity index (χ4v) is 2.37. The van der Waals surface area contributed by atoms with Crippen LogP contribution in [0.5, 0.6) is 0 Å². The van der Waals surface area contributed by atoms with E-state index in [2.05, 4.69) is 15.4 Å². The highest BCUT2D eigenvalue weighted by Crippen LogP contribution is 2.24. The van der Waals surface area contributed by atoms with E-state index in [1.165, 1.54) is 10.9 Å². The SMILES string of the molecule is Cc1ncc(C(=O)Nc2nn(CC(F)F)c3ccccc23)n1C. The largest absolute Gasteiger partial charge is 0.327 e. The van der Waals surface area contributed by atoms with Crippen molar-refractivity contribution < 1.29 is 13.6 Å². The van der Waals surface area contributed by atoms with Crippen LogP contribution >= 0.6 is 0 Å². The fraction of sp³-hybridized carbons (Fsp3) is 0.267. The summed E-state index contributed by atoms with van der Waals surface area (Å²) in [7, 11) is 1.73. The minimum Gasteiger partial charge on any atom is -0.327 e. The molecule has 0 unspecified atom stereocenters. The van der Waals surface area contributed by atoms with Crippen LogP contribution in [0.4, 0.5) is 14.6 Å². The molecule has 23 heavy (non-hydrogen) atoms. The molecule has 0 atom stereocenters. The number of carbonyl (C=O) groups is 1. The summed E-state index contributed by atoms with van der Waals surface area (Å²) in [4.78, 5) is 16.4.